The van der Waals surface area contributed by atoms with Crippen molar-refractivity contribution in [2.75, 3.05) is 0 Å². The highest BCUT2D eigenvalue weighted by molar-refractivity contribution is 6.82. The summed E-state index contributed by atoms with van der Waals surface area (Å²) in [6, 6.07) is 3.08. The Morgan fingerprint density at radius 2 is 1.58 bits per heavy atom. The highest BCUT2D eigenvalue weighted by Gasteiger charge is 2.32. The second-order valence-electron chi connectivity index (χ2n) is 3.63. The van der Waals surface area contributed by atoms with Gasteiger partial charge in [-0.1, -0.05) is 26.8 Å². The summed E-state index contributed by atoms with van der Waals surface area (Å²) < 4.78 is 0. The molecule has 0 aromatic rings. The van der Waals surface area contributed by atoms with Gasteiger partial charge in [0.2, 0.25) is 0 Å². The van der Waals surface area contributed by atoms with Gasteiger partial charge in [-0.05, 0) is 5.54 Å². The number of hydrogen-bond donors (Lipinski definition) is 0. The summed E-state index contributed by atoms with van der Waals surface area (Å²) in [5.74, 6) is 5.58. The molecule has 0 radical (unpaired) electrons. The first-order valence-electron chi connectivity index (χ1n) is 4.50. The van der Waals surface area contributed by atoms with Gasteiger partial charge in [-0.2, -0.15) is 0 Å². The lowest BCUT2D eigenvalue weighted by atomic mass is 10.6. The maximum Gasteiger partial charge on any atom is 0.0811 e. The molecular formula is C11H18Si. The zero-order valence-corrected chi connectivity index (χ0v) is 9.35. The van der Waals surface area contributed by atoms with E-state index in [9.17, 15) is 0 Å². The number of terminal acetylenes is 2. The van der Waals surface area contributed by atoms with Crippen molar-refractivity contribution in [3.05, 3.63) is 0 Å². The third kappa shape index (κ3) is 2.43. The van der Waals surface area contributed by atoms with Crippen molar-refractivity contribution in [1.82, 2.24) is 0 Å². The number of rotatable bonds is 4. The molecule has 0 saturated heterocycles. The van der Waals surface area contributed by atoms with E-state index in [0.717, 1.165) is 12.1 Å². The second-order valence-corrected chi connectivity index (χ2v) is 8.93. The van der Waals surface area contributed by atoms with Crippen molar-refractivity contribution in [3.63, 3.8) is 0 Å². The van der Waals surface area contributed by atoms with Crippen LogP contribution in [0.15, 0.2) is 0 Å². The molecule has 0 bridgehead atoms. The van der Waals surface area contributed by atoms with E-state index in [4.69, 9.17) is 12.8 Å². The largest absolute Gasteiger partial charge is 0.120 e. The van der Waals surface area contributed by atoms with E-state index < -0.39 is 8.07 Å². The van der Waals surface area contributed by atoms with Crippen LogP contribution in [0.3, 0.4) is 0 Å². The standard InChI is InChI=1S/C11H18Si/c1-6-9-12(8-3,10-7-2)11(4)5/h1-2,11H,8-10H2,3-5H3. The molecule has 1 heteroatoms. The van der Waals surface area contributed by atoms with Gasteiger partial charge in [0.15, 0.2) is 0 Å². The van der Waals surface area contributed by atoms with Gasteiger partial charge in [-0.3, -0.25) is 0 Å². The molecular weight excluding hydrogens is 160 g/mol. The lowest BCUT2D eigenvalue weighted by Crippen LogP contribution is -2.35. The molecule has 0 aliphatic carbocycles. The van der Waals surface area contributed by atoms with Gasteiger partial charge in [-0.25, -0.2) is 0 Å². The minimum atomic E-state index is -1.32. The Morgan fingerprint density at radius 3 is 1.75 bits per heavy atom. The Hall–Kier alpha value is -0.663. The maximum absolute atomic E-state index is 5.37. The fourth-order valence-electron chi connectivity index (χ4n) is 1.54. The Kier molecular flexibility index (Phi) is 4.79. The summed E-state index contributed by atoms with van der Waals surface area (Å²) in [6.07, 6.45) is 10.7. The van der Waals surface area contributed by atoms with E-state index in [-0.39, 0.29) is 0 Å². The van der Waals surface area contributed by atoms with E-state index in [1.165, 1.54) is 6.04 Å². The molecule has 0 heterocycles. The van der Waals surface area contributed by atoms with Crippen LogP contribution in [0.5, 0.6) is 0 Å². The summed E-state index contributed by atoms with van der Waals surface area (Å²) in [7, 11) is -1.32. The smallest absolute Gasteiger partial charge is 0.0811 e. The van der Waals surface area contributed by atoms with Crippen molar-refractivity contribution >= 4 is 8.07 Å². The Bertz CT molecular complexity index is 186. The summed E-state index contributed by atoms with van der Waals surface area (Å²) in [5, 5.41) is 0. The van der Waals surface area contributed by atoms with E-state index in [1.807, 2.05) is 0 Å². The van der Waals surface area contributed by atoms with Crippen LogP contribution < -0.4 is 0 Å². The maximum atomic E-state index is 5.37. The Morgan fingerprint density at radius 1 is 1.17 bits per heavy atom. The molecule has 0 aliphatic heterocycles. The van der Waals surface area contributed by atoms with Crippen LogP contribution in [0.1, 0.15) is 20.8 Å². The van der Waals surface area contributed by atoms with Crippen LogP contribution in [-0.4, -0.2) is 8.07 Å². The van der Waals surface area contributed by atoms with E-state index >= 15 is 0 Å². The Labute approximate surface area is 77.8 Å². The van der Waals surface area contributed by atoms with E-state index in [0.29, 0.717) is 5.54 Å². The van der Waals surface area contributed by atoms with Crippen molar-refractivity contribution in [2.45, 2.75) is 44.4 Å². The van der Waals surface area contributed by atoms with Gasteiger partial charge in [0, 0.05) is 12.1 Å². The summed E-state index contributed by atoms with van der Waals surface area (Å²) >= 11 is 0. The molecule has 0 nitrogen and oxygen atoms in total. The quantitative estimate of drug-likeness (QED) is 0.458. The van der Waals surface area contributed by atoms with Crippen LogP contribution in [0.25, 0.3) is 0 Å². The first-order chi connectivity index (χ1) is 5.63. The molecule has 0 amide bonds. The van der Waals surface area contributed by atoms with Crippen molar-refractivity contribution in [3.8, 4) is 24.7 Å². The van der Waals surface area contributed by atoms with Crippen LogP contribution in [0.2, 0.25) is 23.7 Å². The topological polar surface area (TPSA) is 0 Å². The minimum Gasteiger partial charge on any atom is -0.120 e. The molecule has 0 N–H and O–H groups in total. The van der Waals surface area contributed by atoms with Crippen LogP contribution in [-0.2, 0) is 0 Å². The average Bonchev–Trinajstić information content (AvgIpc) is 2.03. The average molecular weight is 178 g/mol. The molecule has 0 aromatic carbocycles. The zero-order valence-electron chi connectivity index (χ0n) is 8.35. The fraction of sp³-hybridized carbons (Fsp3) is 0.636. The first-order valence-corrected chi connectivity index (χ1v) is 7.19. The molecule has 0 spiro atoms. The van der Waals surface area contributed by atoms with Crippen LogP contribution in [0.4, 0.5) is 0 Å². The monoisotopic (exact) mass is 178 g/mol. The van der Waals surface area contributed by atoms with Gasteiger partial charge in [0.1, 0.15) is 0 Å². The molecule has 0 saturated carbocycles. The van der Waals surface area contributed by atoms with E-state index in [1.54, 1.807) is 0 Å². The Balaban J connectivity index is 4.55. The molecule has 0 atom stereocenters. The summed E-state index contributed by atoms with van der Waals surface area (Å²) in [6.45, 7) is 6.73. The molecule has 0 rings (SSSR count). The molecule has 12 heavy (non-hydrogen) atoms. The fourth-order valence-corrected chi connectivity index (χ4v) is 4.61. The lowest BCUT2D eigenvalue weighted by molar-refractivity contribution is 0.971. The van der Waals surface area contributed by atoms with Crippen molar-refractivity contribution in [2.24, 2.45) is 0 Å². The van der Waals surface area contributed by atoms with Gasteiger partial charge in [0.25, 0.3) is 0 Å². The third-order valence-electron chi connectivity index (χ3n) is 2.84. The molecule has 0 unspecified atom stereocenters. The minimum absolute atomic E-state index is 0.703. The highest BCUT2D eigenvalue weighted by atomic mass is 28.3. The summed E-state index contributed by atoms with van der Waals surface area (Å²) in [4.78, 5) is 0. The highest BCUT2D eigenvalue weighted by Crippen LogP contribution is 2.32. The van der Waals surface area contributed by atoms with Gasteiger partial charge in [-0.15, -0.1) is 24.7 Å². The first kappa shape index (κ1) is 11.3. The molecule has 66 valence electrons. The predicted octanol–water partition coefficient (Wildman–Crippen LogP) is 3.13. The summed E-state index contributed by atoms with van der Waals surface area (Å²) in [5.41, 5.74) is 0.703. The second kappa shape index (κ2) is 5.07. The van der Waals surface area contributed by atoms with Crippen LogP contribution >= 0.6 is 0 Å². The van der Waals surface area contributed by atoms with Gasteiger partial charge >= 0.3 is 0 Å². The van der Waals surface area contributed by atoms with Crippen LogP contribution in [0, 0.1) is 24.7 Å². The lowest BCUT2D eigenvalue weighted by Gasteiger charge is -2.30. The van der Waals surface area contributed by atoms with Crippen molar-refractivity contribution in [1.29, 1.82) is 0 Å². The van der Waals surface area contributed by atoms with Gasteiger partial charge in [0.05, 0.1) is 8.07 Å². The SMILES string of the molecule is C#CC[Si](CC)(CC#C)C(C)C. The number of hydrogen-bond acceptors (Lipinski definition) is 0. The third-order valence-corrected chi connectivity index (χ3v) is 8.51. The zero-order chi connectivity index (χ0) is 9.61. The van der Waals surface area contributed by atoms with Gasteiger partial charge < -0.3 is 0 Å². The molecule has 0 aliphatic rings. The van der Waals surface area contributed by atoms with E-state index in [2.05, 4.69) is 32.6 Å². The van der Waals surface area contributed by atoms with Crippen molar-refractivity contribution < 1.29 is 0 Å². The normalized spacial score (nSPS) is 10.8. The predicted molar refractivity (Wildman–Crippen MR) is 58.6 cm³/mol. The molecule has 0 fully saturated rings. The molecule has 0 aromatic heterocycles.